The number of rotatable bonds is 8. The molecule has 2 aromatic carbocycles. The minimum atomic E-state index is -0.412. The van der Waals surface area contributed by atoms with Gasteiger partial charge in [0, 0.05) is 19.0 Å². The van der Waals surface area contributed by atoms with Crippen LogP contribution in [0.25, 0.3) is 0 Å². The summed E-state index contributed by atoms with van der Waals surface area (Å²) in [5.41, 5.74) is 1.58. The van der Waals surface area contributed by atoms with Gasteiger partial charge in [0.15, 0.2) is 11.6 Å². The Labute approximate surface area is 152 Å². The van der Waals surface area contributed by atoms with Crippen LogP contribution in [0, 0.1) is 5.82 Å². The van der Waals surface area contributed by atoms with Crippen LogP contribution in [0.2, 0.25) is 0 Å². The van der Waals surface area contributed by atoms with Crippen molar-refractivity contribution in [1.82, 2.24) is 5.32 Å². The number of hydrogen-bond donors (Lipinski definition) is 2. The Bertz CT molecular complexity index is 764. The van der Waals surface area contributed by atoms with E-state index in [9.17, 15) is 14.0 Å². The van der Waals surface area contributed by atoms with Crippen molar-refractivity contribution in [2.45, 2.75) is 32.7 Å². The SMILES string of the molecule is CC(=O)Nc1cccc([C@@H](C)NC(=O)CCCOc2ccccc2F)c1. The van der Waals surface area contributed by atoms with Gasteiger partial charge in [-0.1, -0.05) is 24.3 Å². The largest absolute Gasteiger partial charge is 0.491 e. The van der Waals surface area contributed by atoms with Crippen molar-refractivity contribution < 1.29 is 18.7 Å². The van der Waals surface area contributed by atoms with Crippen LogP contribution in [0.15, 0.2) is 48.5 Å². The van der Waals surface area contributed by atoms with Gasteiger partial charge in [-0.25, -0.2) is 4.39 Å². The zero-order valence-corrected chi connectivity index (χ0v) is 14.9. The molecular weight excluding hydrogens is 335 g/mol. The molecular formula is C20H23FN2O3. The van der Waals surface area contributed by atoms with E-state index in [2.05, 4.69) is 10.6 Å². The number of amides is 2. The normalized spacial score (nSPS) is 11.5. The fraction of sp³-hybridized carbons (Fsp3) is 0.300. The molecule has 0 unspecified atom stereocenters. The van der Waals surface area contributed by atoms with E-state index in [0.717, 1.165) is 5.56 Å². The Kier molecular flexibility index (Phi) is 7.14. The van der Waals surface area contributed by atoms with Crippen molar-refractivity contribution in [2.24, 2.45) is 0 Å². The molecule has 0 heterocycles. The molecule has 2 amide bonds. The number of carbonyl (C=O) groups excluding carboxylic acids is 2. The number of nitrogens with one attached hydrogen (secondary N) is 2. The molecule has 0 saturated carbocycles. The van der Waals surface area contributed by atoms with Crippen LogP contribution >= 0.6 is 0 Å². The van der Waals surface area contributed by atoms with E-state index in [1.807, 2.05) is 25.1 Å². The van der Waals surface area contributed by atoms with Gasteiger partial charge in [-0.15, -0.1) is 0 Å². The number of halogens is 1. The molecule has 26 heavy (non-hydrogen) atoms. The number of hydrogen-bond acceptors (Lipinski definition) is 3. The van der Waals surface area contributed by atoms with Gasteiger partial charge in [-0.05, 0) is 43.2 Å². The molecule has 2 N–H and O–H groups in total. The van der Waals surface area contributed by atoms with E-state index in [1.165, 1.54) is 13.0 Å². The Morgan fingerprint density at radius 1 is 1.15 bits per heavy atom. The minimum Gasteiger partial charge on any atom is -0.491 e. The van der Waals surface area contributed by atoms with E-state index in [-0.39, 0.29) is 36.6 Å². The Morgan fingerprint density at radius 3 is 2.65 bits per heavy atom. The number of carbonyl (C=O) groups is 2. The predicted octanol–water partition coefficient (Wildman–Crippen LogP) is 3.82. The fourth-order valence-corrected chi connectivity index (χ4v) is 2.46. The molecule has 138 valence electrons. The molecule has 0 bridgehead atoms. The summed E-state index contributed by atoms with van der Waals surface area (Å²) < 4.78 is 18.8. The van der Waals surface area contributed by atoms with Gasteiger partial charge in [0.25, 0.3) is 0 Å². The highest BCUT2D eigenvalue weighted by Crippen LogP contribution is 2.18. The number of ether oxygens (including phenoxy) is 1. The summed E-state index contributed by atoms with van der Waals surface area (Å²) in [6.07, 6.45) is 0.767. The second kappa shape index (κ2) is 9.56. The van der Waals surface area contributed by atoms with Gasteiger partial charge < -0.3 is 15.4 Å². The fourth-order valence-electron chi connectivity index (χ4n) is 2.46. The van der Waals surface area contributed by atoms with Gasteiger partial charge in [-0.2, -0.15) is 0 Å². The molecule has 6 heteroatoms. The van der Waals surface area contributed by atoms with Gasteiger partial charge >= 0.3 is 0 Å². The smallest absolute Gasteiger partial charge is 0.221 e. The molecule has 1 atom stereocenters. The molecule has 5 nitrogen and oxygen atoms in total. The van der Waals surface area contributed by atoms with Crippen LogP contribution < -0.4 is 15.4 Å². The van der Waals surface area contributed by atoms with E-state index in [0.29, 0.717) is 12.1 Å². The molecule has 2 aromatic rings. The quantitative estimate of drug-likeness (QED) is 0.705. The minimum absolute atomic E-state index is 0.112. The van der Waals surface area contributed by atoms with E-state index >= 15 is 0 Å². The van der Waals surface area contributed by atoms with Crippen LogP contribution in [0.3, 0.4) is 0 Å². The van der Waals surface area contributed by atoms with E-state index in [4.69, 9.17) is 4.74 Å². The lowest BCUT2D eigenvalue weighted by molar-refractivity contribution is -0.122. The number of benzene rings is 2. The lowest BCUT2D eigenvalue weighted by Crippen LogP contribution is -2.26. The predicted molar refractivity (Wildman–Crippen MR) is 98.4 cm³/mol. The first kappa shape index (κ1) is 19.4. The number of anilines is 1. The van der Waals surface area contributed by atoms with Crippen LogP contribution in [-0.4, -0.2) is 18.4 Å². The van der Waals surface area contributed by atoms with Crippen molar-refractivity contribution in [1.29, 1.82) is 0 Å². The van der Waals surface area contributed by atoms with E-state index < -0.39 is 5.82 Å². The number of para-hydroxylation sites is 1. The first-order valence-corrected chi connectivity index (χ1v) is 8.50. The van der Waals surface area contributed by atoms with Gasteiger partial charge in [0.2, 0.25) is 11.8 Å². The standard InChI is InChI=1S/C20H23FN2O3/c1-14(16-7-5-8-17(13-16)23-15(2)24)22-20(25)11-6-12-26-19-10-4-3-9-18(19)21/h3-5,7-10,13-14H,6,11-12H2,1-2H3,(H,22,25)(H,23,24)/t14-/m1/s1. The van der Waals surface area contributed by atoms with Gasteiger partial charge in [-0.3, -0.25) is 9.59 Å². The summed E-state index contributed by atoms with van der Waals surface area (Å²) in [4.78, 5) is 23.2. The summed E-state index contributed by atoms with van der Waals surface area (Å²) in [5, 5.41) is 5.62. The summed E-state index contributed by atoms with van der Waals surface area (Å²) in [7, 11) is 0. The van der Waals surface area contributed by atoms with Gasteiger partial charge in [0.1, 0.15) is 0 Å². The third-order valence-corrected chi connectivity index (χ3v) is 3.73. The second-order valence-corrected chi connectivity index (χ2v) is 5.98. The lowest BCUT2D eigenvalue weighted by atomic mass is 10.1. The van der Waals surface area contributed by atoms with Crippen LogP contribution in [0.5, 0.6) is 5.75 Å². The Morgan fingerprint density at radius 2 is 1.92 bits per heavy atom. The average Bonchev–Trinajstić information content (AvgIpc) is 2.59. The zero-order chi connectivity index (χ0) is 18.9. The zero-order valence-electron chi connectivity index (χ0n) is 14.9. The molecule has 0 aromatic heterocycles. The molecule has 0 aliphatic rings. The Hall–Kier alpha value is -2.89. The molecule has 0 aliphatic carbocycles. The molecule has 0 radical (unpaired) electrons. The first-order chi connectivity index (χ1) is 12.5. The Balaban J connectivity index is 1.76. The first-order valence-electron chi connectivity index (χ1n) is 8.50. The summed E-state index contributed by atoms with van der Waals surface area (Å²) in [5.74, 6) is -0.478. The molecule has 0 saturated heterocycles. The maximum absolute atomic E-state index is 13.4. The molecule has 0 spiro atoms. The van der Waals surface area contributed by atoms with Crippen LogP contribution in [-0.2, 0) is 9.59 Å². The van der Waals surface area contributed by atoms with Crippen LogP contribution in [0.4, 0.5) is 10.1 Å². The molecule has 0 fully saturated rings. The average molecular weight is 358 g/mol. The van der Waals surface area contributed by atoms with Crippen molar-refractivity contribution in [3.05, 3.63) is 59.9 Å². The van der Waals surface area contributed by atoms with Crippen molar-refractivity contribution in [3.8, 4) is 5.75 Å². The summed E-state index contributed by atoms with van der Waals surface area (Å²) in [6, 6.07) is 13.3. The molecule has 0 aliphatic heterocycles. The highest BCUT2D eigenvalue weighted by atomic mass is 19.1. The van der Waals surface area contributed by atoms with Crippen molar-refractivity contribution in [3.63, 3.8) is 0 Å². The monoisotopic (exact) mass is 358 g/mol. The van der Waals surface area contributed by atoms with Crippen LogP contribution in [0.1, 0.15) is 38.3 Å². The lowest BCUT2D eigenvalue weighted by Gasteiger charge is -2.15. The summed E-state index contributed by atoms with van der Waals surface area (Å²) >= 11 is 0. The highest BCUT2D eigenvalue weighted by molar-refractivity contribution is 5.88. The third-order valence-electron chi connectivity index (χ3n) is 3.73. The van der Waals surface area contributed by atoms with E-state index in [1.54, 1.807) is 24.3 Å². The highest BCUT2D eigenvalue weighted by Gasteiger charge is 2.10. The maximum Gasteiger partial charge on any atom is 0.221 e. The van der Waals surface area contributed by atoms with Crippen molar-refractivity contribution >= 4 is 17.5 Å². The third kappa shape index (κ3) is 6.20. The molecule has 2 rings (SSSR count). The van der Waals surface area contributed by atoms with Crippen molar-refractivity contribution in [2.75, 3.05) is 11.9 Å². The van der Waals surface area contributed by atoms with Gasteiger partial charge in [0.05, 0.1) is 12.6 Å². The summed E-state index contributed by atoms with van der Waals surface area (Å²) in [6.45, 7) is 3.59. The second-order valence-electron chi connectivity index (χ2n) is 5.98. The topological polar surface area (TPSA) is 67.4 Å². The maximum atomic E-state index is 13.4.